The number of aliphatic hydroxyl groups excluding tert-OH is 2. The van der Waals surface area contributed by atoms with Gasteiger partial charge >= 0.3 is 0 Å². The molecule has 1 aliphatic carbocycles. The number of hydrogen-bond donors (Lipinski definition) is 6. The zero-order valence-corrected chi connectivity index (χ0v) is 10.9. The highest BCUT2D eigenvalue weighted by atomic mass is 16.6. The second-order valence-electron chi connectivity index (χ2n) is 5.44. The Morgan fingerprint density at radius 3 is 2.90 bits per heavy atom. The summed E-state index contributed by atoms with van der Waals surface area (Å²) in [6, 6.07) is -0.351. The summed E-state index contributed by atoms with van der Waals surface area (Å²) in [5.74, 6) is 0.0532. The number of ether oxygens (including phenoxy) is 1. The molecule has 1 aliphatic heterocycles. The second kappa shape index (κ2) is 4.28. The Balaban J connectivity index is 1.57. The molecule has 4 rings (SSSR count). The maximum atomic E-state index is 11.9. The Morgan fingerprint density at radius 1 is 1.38 bits per heavy atom. The molecule has 112 valence electrons. The van der Waals surface area contributed by atoms with Gasteiger partial charge < -0.3 is 31.0 Å². The largest absolute Gasteiger partial charge is 0.389 e. The highest BCUT2D eigenvalue weighted by molar-refractivity contribution is 5.79. The molecule has 2 fully saturated rings. The first-order valence-corrected chi connectivity index (χ1v) is 6.67. The highest BCUT2D eigenvalue weighted by Crippen LogP contribution is 2.39. The summed E-state index contributed by atoms with van der Waals surface area (Å²) in [5.41, 5.74) is 6.30. The van der Waals surface area contributed by atoms with Gasteiger partial charge in [-0.2, -0.15) is 4.98 Å². The Kier molecular flexibility index (Phi) is 2.60. The van der Waals surface area contributed by atoms with E-state index in [9.17, 15) is 15.0 Å². The number of hydrogen-bond acceptors (Lipinski definition) is 7. The average molecular weight is 293 g/mol. The monoisotopic (exact) mass is 293 g/mol. The van der Waals surface area contributed by atoms with Crippen LogP contribution in [0.2, 0.25) is 0 Å². The maximum Gasteiger partial charge on any atom is 0.262 e. The van der Waals surface area contributed by atoms with Crippen LogP contribution in [-0.2, 0) is 11.3 Å². The number of H-pyrrole nitrogens is 2. The molecule has 2 aliphatic rings. The van der Waals surface area contributed by atoms with Gasteiger partial charge in [-0.15, -0.1) is 0 Å². The Morgan fingerprint density at radius 2 is 2.19 bits per heavy atom. The van der Waals surface area contributed by atoms with Crippen LogP contribution in [0.5, 0.6) is 0 Å². The molecule has 7 N–H and O–H groups in total. The first-order valence-electron chi connectivity index (χ1n) is 6.67. The molecular weight excluding hydrogens is 278 g/mol. The lowest BCUT2D eigenvalue weighted by Gasteiger charge is -2.20. The Hall–Kier alpha value is -1.94. The van der Waals surface area contributed by atoms with Crippen molar-refractivity contribution >= 4 is 17.0 Å². The van der Waals surface area contributed by atoms with Crippen molar-refractivity contribution in [1.29, 1.82) is 0 Å². The average Bonchev–Trinajstić information content (AvgIpc) is 3.05. The number of epoxide rings is 1. The zero-order valence-electron chi connectivity index (χ0n) is 10.9. The second-order valence-corrected chi connectivity index (χ2v) is 5.44. The van der Waals surface area contributed by atoms with Crippen molar-refractivity contribution in [2.24, 2.45) is 0 Å². The van der Waals surface area contributed by atoms with Gasteiger partial charge in [0.25, 0.3) is 5.56 Å². The standard InChI is InChI=1S/C12H15N5O4/c13-12-16-10-4(11(20)17-12)3(2-15-10)1-14-5-6(18)7(19)9-8(5)21-9/h2,5-9,14,18-19H,1H2,(H4,13,15,16,17,20)/t5-,6-,7-,8-,9+/m1/s1. The number of rotatable bonds is 3. The van der Waals surface area contributed by atoms with Crippen LogP contribution in [0.4, 0.5) is 5.95 Å². The van der Waals surface area contributed by atoms with E-state index in [2.05, 4.69) is 20.3 Å². The third kappa shape index (κ3) is 1.86. The number of nitrogens with two attached hydrogens (primary N) is 1. The van der Waals surface area contributed by atoms with Crippen molar-refractivity contribution in [3.63, 3.8) is 0 Å². The first kappa shape index (κ1) is 12.8. The molecular formula is C12H15N5O4. The molecule has 0 unspecified atom stereocenters. The first-order chi connectivity index (χ1) is 10.1. The Labute approximate surface area is 118 Å². The van der Waals surface area contributed by atoms with Crippen LogP contribution in [0.25, 0.3) is 11.0 Å². The van der Waals surface area contributed by atoms with Gasteiger partial charge in [0.05, 0.1) is 11.4 Å². The highest BCUT2D eigenvalue weighted by Gasteiger charge is 2.61. The smallest absolute Gasteiger partial charge is 0.262 e. The molecule has 9 heteroatoms. The van der Waals surface area contributed by atoms with Gasteiger partial charge in [0, 0.05) is 12.7 Å². The fourth-order valence-corrected chi connectivity index (χ4v) is 3.03. The molecule has 1 saturated carbocycles. The van der Waals surface area contributed by atoms with E-state index in [1.165, 1.54) is 0 Å². The minimum Gasteiger partial charge on any atom is -0.389 e. The van der Waals surface area contributed by atoms with Gasteiger partial charge in [-0.3, -0.25) is 9.78 Å². The number of fused-ring (bicyclic) bond motifs is 2. The summed E-state index contributed by atoms with van der Waals surface area (Å²) in [4.78, 5) is 21.3. The normalized spacial score (nSPS) is 34.3. The molecule has 2 aromatic heterocycles. The van der Waals surface area contributed by atoms with Crippen LogP contribution >= 0.6 is 0 Å². The summed E-state index contributed by atoms with van der Waals surface area (Å²) in [6.45, 7) is 0.343. The summed E-state index contributed by atoms with van der Waals surface area (Å²) in [7, 11) is 0. The third-order valence-electron chi connectivity index (χ3n) is 4.14. The molecule has 0 aromatic carbocycles. The fraction of sp³-hybridized carbons (Fsp3) is 0.500. The predicted molar refractivity (Wildman–Crippen MR) is 72.4 cm³/mol. The van der Waals surface area contributed by atoms with Crippen molar-refractivity contribution in [3.05, 3.63) is 22.1 Å². The SMILES string of the molecule is Nc1nc2[nH]cc(CN[C@@H]3[C@@H](O)[C@@H](O)[C@@H]4O[C@H]34)c2c(=O)[nH]1. The topological polar surface area (TPSA) is 153 Å². The van der Waals surface area contributed by atoms with Crippen molar-refractivity contribution in [3.8, 4) is 0 Å². The number of nitrogen functional groups attached to an aromatic ring is 1. The van der Waals surface area contributed by atoms with E-state index in [4.69, 9.17) is 10.5 Å². The molecule has 0 bridgehead atoms. The van der Waals surface area contributed by atoms with Crippen LogP contribution in [0, 0.1) is 0 Å². The van der Waals surface area contributed by atoms with Crippen molar-refractivity contribution in [2.75, 3.05) is 5.73 Å². The van der Waals surface area contributed by atoms with Gasteiger partial charge in [0.1, 0.15) is 30.1 Å². The van der Waals surface area contributed by atoms with Crippen molar-refractivity contribution in [1.82, 2.24) is 20.3 Å². The van der Waals surface area contributed by atoms with Crippen molar-refractivity contribution < 1.29 is 14.9 Å². The van der Waals surface area contributed by atoms with E-state index in [0.29, 0.717) is 23.1 Å². The molecule has 21 heavy (non-hydrogen) atoms. The van der Waals surface area contributed by atoms with Crippen LogP contribution < -0.4 is 16.6 Å². The molecule has 1 saturated heterocycles. The van der Waals surface area contributed by atoms with Gasteiger partial charge in [0.2, 0.25) is 5.95 Å². The quantitative estimate of drug-likeness (QED) is 0.351. The minimum atomic E-state index is -0.869. The number of aromatic nitrogens is 3. The van der Waals surface area contributed by atoms with E-state index >= 15 is 0 Å². The lowest BCUT2D eigenvalue weighted by atomic mass is 10.1. The van der Waals surface area contributed by atoms with E-state index < -0.39 is 12.2 Å². The van der Waals surface area contributed by atoms with Crippen LogP contribution in [0.3, 0.4) is 0 Å². The number of aliphatic hydroxyl groups is 2. The van der Waals surface area contributed by atoms with Crippen LogP contribution in [-0.4, -0.2) is 55.6 Å². The van der Waals surface area contributed by atoms with Gasteiger partial charge in [0.15, 0.2) is 0 Å². The zero-order chi connectivity index (χ0) is 14.7. The number of nitrogens with one attached hydrogen (secondary N) is 3. The molecule has 5 atom stereocenters. The molecule has 2 aromatic rings. The molecule has 0 spiro atoms. The van der Waals surface area contributed by atoms with Gasteiger partial charge in [-0.1, -0.05) is 0 Å². The fourth-order valence-electron chi connectivity index (χ4n) is 3.03. The molecule has 3 heterocycles. The number of aromatic amines is 2. The third-order valence-corrected chi connectivity index (χ3v) is 4.14. The summed E-state index contributed by atoms with van der Waals surface area (Å²) >= 11 is 0. The maximum absolute atomic E-state index is 11.9. The lowest BCUT2D eigenvalue weighted by Crippen LogP contribution is -2.44. The van der Waals surface area contributed by atoms with E-state index in [-0.39, 0.29) is 29.8 Å². The minimum absolute atomic E-state index is 0.0532. The lowest BCUT2D eigenvalue weighted by molar-refractivity contribution is -0.0179. The molecule has 9 nitrogen and oxygen atoms in total. The number of anilines is 1. The van der Waals surface area contributed by atoms with Gasteiger partial charge in [-0.25, -0.2) is 0 Å². The van der Waals surface area contributed by atoms with E-state index in [0.717, 1.165) is 0 Å². The summed E-state index contributed by atoms with van der Waals surface area (Å²) in [5, 5.41) is 23.1. The molecule has 0 radical (unpaired) electrons. The van der Waals surface area contributed by atoms with E-state index in [1.807, 2.05) is 0 Å². The van der Waals surface area contributed by atoms with E-state index in [1.54, 1.807) is 6.20 Å². The predicted octanol–water partition coefficient (Wildman–Crippen LogP) is -2.21. The summed E-state index contributed by atoms with van der Waals surface area (Å²) < 4.78 is 5.27. The molecule has 0 amide bonds. The van der Waals surface area contributed by atoms with Crippen molar-refractivity contribution in [2.45, 2.75) is 37.0 Å². The summed E-state index contributed by atoms with van der Waals surface area (Å²) in [6.07, 6.45) is -0.522. The van der Waals surface area contributed by atoms with Gasteiger partial charge in [-0.05, 0) is 5.56 Å². The van der Waals surface area contributed by atoms with Crippen LogP contribution in [0.15, 0.2) is 11.0 Å². The van der Waals surface area contributed by atoms with Crippen LogP contribution in [0.1, 0.15) is 5.56 Å². The number of nitrogens with zero attached hydrogens (tertiary/aromatic N) is 1. The Bertz CT molecular complexity index is 756.